The van der Waals surface area contributed by atoms with Gasteiger partial charge in [0.1, 0.15) is 11.7 Å². The molecule has 3 nitrogen and oxygen atoms in total. The third kappa shape index (κ3) is 1.88. The molecule has 3 aliphatic carbocycles. The zero-order valence-corrected chi connectivity index (χ0v) is 12.2. The van der Waals surface area contributed by atoms with E-state index in [0.29, 0.717) is 11.8 Å². The summed E-state index contributed by atoms with van der Waals surface area (Å²) in [4.78, 5) is 11.7. The Kier molecular flexibility index (Phi) is 2.97. The first-order chi connectivity index (χ1) is 10.3. The second kappa shape index (κ2) is 4.49. The van der Waals surface area contributed by atoms with E-state index in [0.717, 1.165) is 38.5 Å². The molecular formula is C16H19F3O3. The van der Waals surface area contributed by atoms with E-state index in [2.05, 4.69) is 6.58 Å². The van der Waals surface area contributed by atoms with Crippen LogP contribution < -0.4 is 0 Å². The zero-order valence-electron chi connectivity index (χ0n) is 12.2. The largest absolute Gasteiger partial charge is 0.456 e. The molecule has 0 amide bonds. The molecule has 4 rings (SSSR count). The van der Waals surface area contributed by atoms with Crippen LogP contribution in [0.2, 0.25) is 0 Å². The summed E-state index contributed by atoms with van der Waals surface area (Å²) in [5, 5.41) is 0. The fourth-order valence-corrected chi connectivity index (χ4v) is 5.31. The average Bonchev–Trinajstić information content (AvgIpc) is 3.15. The van der Waals surface area contributed by atoms with E-state index in [1.807, 2.05) is 0 Å². The quantitative estimate of drug-likeness (QED) is 0.579. The maximum Gasteiger partial charge on any atom is 0.422 e. The van der Waals surface area contributed by atoms with Gasteiger partial charge < -0.3 is 9.47 Å². The van der Waals surface area contributed by atoms with Gasteiger partial charge in [0.2, 0.25) is 0 Å². The molecule has 0 radical (unpaired) electrons. The van der Waals surface area contributed by atoms with Gasteiger partial charge in [-0.2, -0.15) is 13.2 Å². The Bertz CT molecular complexity index is 521. The summed E-state index contributed by atoms with van der Waals surface area (Å²) in [6.07, 6.45) is 0.706. The molecule has 0 aromatic carbocycles. The number of halogens is 3. The van der Waals surface area contributed by atoms with Gasteiger partial charge in [-0.3, -0.25) is 0 Å². The van der Waals surface area contributed by atoms with Crippen LogP contribution in [0.15, 0.2) is 12.2 Å². The lowest BCUT2D eigenvalue weighted by Crippen LogP contribution is -2.37. The molecule has 5 atom stereocenters. The molecule has 3 saturated carbocycles. The van der Waals surface area contributed by atoms with E-state index < -0.39 is 23.8 Å². The normalized spacial score (nSPS) is 41.3. The molecule has 4 aliphatic rings. The number of ether oxygens (including phenoxy) is 2. The van der Waals surface area contributed by atoms with Gasteiger partial charge in [-0.05, 0) is 43.4 Å². The first-order valence-electron chi connectivity index (χ1n) is 7.97. The van der Waals surface area contributed by atoms with Crippen LogP contribution in [-0.4, -0.2) is 30.0 Å². The van der Waals surface area contributed by atoms with Crippen molar-refractivity contribution in [2.24, 2.45) is 17.8 Å². The molecule has 1 saturated heterocycles. The van der Waals surface area contributed by atoms with Crippen LogP contribution in [-0.2, 0) is 14.3 Å². The van der Waals surface area contributed by atoms with Crippen molar-refractivity contribution >= 4 is 5.97 Å². The van der Waals surface area contributed by atoms with E-state index in [1.54, 1.807) is 0 Å². The molecule has 4 fully saturated rings. The number of alkyl halides is 3. The maximum absolute atomic E-state index is 12.6. The molecule has 1 aliphatic heterocycles. The number of rotatable bonds is 2. The van der Waals surface area contributed by atoms with Crippen LogP contribution in [0.4, 0.5) is 13.2 Å². The number of hydrogen-bond donors (Lipinski definition) is 0. The van der Waals surface area contributed by atoms with Crippen molar-refractivity contribution in [2.75, 3.05) is 0 Å². The minimum Gasteiger partial charge on any atom is -0.456 e. The third-order valence-electron chi connectivity index (χ3n) is 6.19. The van der Waals surface area contributed by atoms with Crippen LogP contribution in [0.3, 0.4) is 0 Å². The summed E-state index contributed by atoms with van der Waals surface area (Å²) in [5.41, 5.74) is -1.52. The van der Waals surface area contributed by atoms with Crippen molar-refractivity contribution in [3.05, 3.63) is 12.2 Å². The van der Waals surface area contributed by atoms with Crippen molar-refractivity contribution in [3.63, 3.8) is 0 Å². The van der Waals surface area contributed by atoms with Crippen molar-refractivity contribution in [1.82, 2.24) is 0 Å². The van der Waals surface area contributed by atoms with E-state index >= 15 is 0 Å². The highest BCUT2D eigenvalue weighted by Crippen LogP contribution is 2.64. The standard InChI is InChI=1S/C16H19F3O3/c1-8(16(17,18)19)14(20)21-12-9-6-10-11(7-9)15(22-13(10)12)4-2-3-5-15/h9-13H,1-7H2. The summed E-state index contributed by atoms with van der Waals surface area (Å²) in [7, 11) is 0. The summed E-state index contributed by atoms with van der Waals surface area (Å²) < 4.78 is 49.1. The van der Waals surface area contributed by atoms with Crippen molar-refractivity contribution in [2.45, 2.75) is 62.5 Å². The summed E-state index contributed by atoms with van der Waals surface area (Å²) >= 11 is 0. The Balaban J connectivity index is 1.50. The fraction of sp³-hybridized carbons (Fsp3) is 0.812. The SMILES string of the molecule is C=C(C(=O)OC1C2CC3C1OC1(CCCC1)C3C2)C(F)(F)F. The first-order valence-corrected chi connectivity index (χ1v) is 7.97. The van der Waals surface area contributed by atoms with Crippen LogP contribution in [0.1, 0.15) is 38.5 Å². The van der Waals surface area contributed by atoms with Gasteiger partial charge in [-0.15, -0.1) is 0 Å². The van der Waals surface area contributed by atoms with Gasteiger partial charge in [-0.1, -0.05) is 19.4 Å². The Hall–Kier alpha value is -1.04. The third-order valence-corrected chi connectivity index (χ3v) is 6.19. The fourth-order valence-electron chi connectivity index (χ4n) is 5.31. The topological polar surface area (TPSA) is 35.5 Å². The Morgan fingerprint density at radius 1 is 1.23 bits per heavy atom. The minimum absolute atomic E-state index is 0.0910. The van der Waals surface area contributed by atoms with Gasteiger partial charge in [-0.25, -0.2) is 4.79 Å². The maximum atomic E-state index is 12.6. The highest BCUT2D eigenvalue weighted by molar-refractivity contribution is 5.89. The van der Waals surface area contributed by atoms with Crippen molar-refractivity contribution in [3.8, 4) is 0 Å². The van der Waals surface area contributed by atoms with Crippen LogP contribution in [0.25, 0.3) is 0 Å². The molecular weight excluding hydrogens is 297 g/mol. The van der Waals surface area contributed by atoms with Gasteiger partial charge >= 0.3 is 12.1 Å². The van der Waals surface area contributed by atoms with Crippen molar-refractivity contribution in [1.29, 1.82) is 0 Å². The molecule has 6 heteroatoms. The highest BCUT2D eigenvalue weighted by Gasteiger charge is 2.67. The molecule has 1 heterocycles. The minimum atomic E-state index is -4.74. The van der Waals surface area contributed by atoms with Crippen LogP contribution >= 0.6 is 0 Å². The molecule has 5 unspecified atom stereocenters. The lowest BCUT2D eigenvalue weighted by atomic mass is 9.77. The van der Waals surface area contributed by atoms with E-state index in [1.165, 1.54) is 0 Å². The molecule has 2 bridgehead atoms. The van der Waals surface area contributed by atoms with Gasteiger partial charge in [0.15, 0.2) is 0 Å². The van der Waals surface area contributed by atoms with Crippen molar-refractivity contribution < 1.29 is 27.4 Å². The second-order valence-corrected chi connectivity index (χ2v) is 7.20. The Morgan fingerprint density at radius 2 is 1.91 bits per heavy atom. The van der Waals surface area contributed by atoms with Gasteiger partial charge in [0.25, 0.3) is 0 Å². The lowest BCUT2D eigenvalue weighted by Gasteiger charge is -2.29. The average molecular weight is 316 g/mol. The summed E-state index contributed by atoms with van der Waals surface area (Å²) in [6.45, 7) is 2.82. The Labute approximate surface area is 126 Å². The zero-order chi connectivity index (χ0) is 15.7. The first kappa shape index (κ1) is 14.5. The number of fused-ring (bicyclic) bond motifs is 2. The lowest BCUT2D eigenvalue weighted by molar-refractivity contribution is -0.166. The summed E-state index contributed by atoms with van der Waals surface area (Å²) in [6, 6.07) is 0. The molecule has 122 valence electrons. The van der Waals surface area contributed by atoms with Gasteiger partial charge in [0, 0.05) is 0 Å². The molecule has 0 aromatic rings. The van der Waals surface area contributed by atoms with Crippen LogP contribution in [0, 0.1) is 17.8 Å². The number of esters is 1. The molecule has 0 N–H and O–H groups in total. The van der Waals surface area contributed by atoms with Crippen LogP contribution in [0.5, 0.6) is 0 Å². The number of hydrogen-bond acceptors (Lipinski definition) is 3. The molecule has 22 heavy (non-hydrogen) atoms. The highest BCUT2D eigenvalue weighted by atomic mass is 19.4. The number of carbonyl (C=O) groups is 1. The number of carbonyl (C=O) groups excluding carboxylic acids is 1. The Morgan fingerprint density at radius 3 is 2.55 bits per heavy atom. The van der Waals surface area contributed by atoms with E-state index in [9.17, 15) is 18.0 Å². The second-order valence-electron chi connectivity index (χ2n) is 7.20. The van der Waals surface area contributed by atoms with E-state index in [-0.39, 0.29) is 17.6 Å². The predicted molar refractivity (Wildman–Crippen MR) is 70.9 cm³/mol. The molecule has 0 aromatic heterocycles. The monoisotopic (exact) mass is 316 g/mol. The predicted octanol–water partition coefficient (Wildman–Crippen LogP) is 3.38. The summed E-state index contributed by atoms with van der Waals surface area (Å²) in [5.74, 6) is -0.353. The van der Waals surface area contributed by atoms with E-state index in [4.69, 9.17) is 9.47 Å². The van der Waals surface area contributed by atoms with Gasteiger partial charge in [0.05, 0.1) is 11.7 Å². The smallest absolute Gasteiger partial charge is 0.422 e. The molecule has 1 spiro atoms.